The molecule has 0 saturated heterocycles. The third-order valence-electron chi connectivity index (χ3n) is 3.94. The van der Waals surface area contributed by atoms with Crippen molar-refractivity contribution in [1.29, 1.82) is 0 Å². The number of oxime groups is 4. The summed E-state index contributed by atoms with van der Waals surface area (Å²) in [6, 6.07) is 9.93. The first-order chi connectivity index (χ1) is 14.9. The fraction of sp³-hybridized carbons (Fsp3) is 0.200. The lowest BCUT2D eigenvalue weighted by molar-refractivity contribution is 0.130. The first-order valence-corrected chi connectivity index (χ1v) is 8.83. The Bertz CT molecular complexity index is 1040. The second-order valence-corrected chi connectivity index (χ2v) is 5.96. The minimum absolute atomic E-state index is 0.00468. The van der Waals surface area contributed by atoms with Gasteiger partial charge in [-0.3, -0.25) is 0 Å². The zero-order valence-electron chi connectivity index (χ0n) is 17.0. The number of halogens is 2. The van der Waals surface area contributed by atoms with Crippen LogP contribution in [0, 0.1) is 11.6 Å². The molecule has 2 rings (SSSR count). The lowest BCUT2D eigenvalue weighted by atomic mass is 10.0. The molecule has 3 N–H and O–H groups in total. The summed E-state index contributed by atoms with van der Waals surface area (Å²) in [7, 11) is 2.61. The molecule has 0 aliphatic heterocycles. The molecule has 0 aliphatic carbocycles. The van der Waals surface area contributed by atoms with Gasteiger partial charge in [0.15, 0.2) is 11.5 Å². The lowest BCUT2D eigenvalue weighted by Crippen LogP contribution is -2.26. The summed E-state index contributed by atoms with van der Waals surface area (Å²) in [5.41, 5.74) is 7.07. The molecule has 2 aromatic carbocycles. The molecule has 0 saturated carbocycles. The molecule has 0 amide bonds. The van der Waals surface area contributed by atoms with E-state index in [0.717, 1.165) is 12.1 Å². The third kappa shape index (κ3) is 5.98. The van der Waals surface area contributed by atoms with Gasteiger partial charge < -0.3 is 25.5 Å². The molecule has 0 radical (unpaired) electrons. The number of hydrogen-bond donors (Lipinski definition) is 2. The molecule has 9 nitrogen and oxygen atoms in total. The van der Waals surface area contributed by atoms with Gasteiger partial charge in [-0.05, 0) is 19.1 Å². The van der Waals surface area contributed by atoms with Crippen LogP contribution in [0.2, 0.25) is 0 Å². The Morgan fingerprint density at radius 3 is 2.29 bits per heavy atom. The van der Waals surface area contributed by atoms with E-state index < -0.39 is 11.6 Å². The van der Waals surface area contributed by atoms with Gasteiger partial charge in [0.05, 0.1) is 0 Å². The molecule has 0 fully saturated rings. The molecule has 11 heteroatoms. The molecule has 2 aromatic rings. The Hall–Kier alpha value is -4.02. The highest BCUT2D eigenvalue weighted by Crippen LogP contribution is 2.15. The zero-order valence-corrected chi connectivity index (χ0v) is 17.0. The summed E-state index contributed by atoms with van der Waals surface area (Å²) < 4.78 is 27.4. The van der Waals surface area contributed by atoms with Crippen LogP contribution < -0.4 is 5.73 Å². The van der Waals surface area contributed by atoms with E-state index in [4.69, 9.17) is 25.5 Å². The molecule has 0 aromatic heterocycles. The van der Waals surface area contributed by atoms with Crippen LogP contribution >= 0.6 is 0 Å². The Labute approximate surface area is 177 Å². The molecule has 31 heavy (non-hydrogen) atoms. The Kier molecular flexibility index (Phi) is 8.43. The van der Waals surface area contributed by atoms with Crippen LogP contribution in [-0.4, -0.2) is 42.4 Å². The van der Waals surface area contributed by atoms with Crippen molar-refractivity contribution in [2.45, 2.75) is 13.5 Å². The number of nitrogens with two attached hydrogens (primary N) is 1. The standard InChI is InChI=1S/C20H21F2N5O4/c1-12(18(26-29-2)16-9-8-14(21)10-17(16)22)25-31-11-13-6-4-5-7-15(13)19(27-30-3)20(23)24-28/h4-10,28H,11H2,1-3H3,(H2,23,24). The van der Waals surface area contributed by atoms with Crippen molar-refractivity contribution < 1.29 is 28.5 Å². The largest absolute Gasteiger partial charge is 0.409 e. The van der Waals surface area contributed by atoms with Crippen molar-refractivity contribution in [3.8, 4) is 0 Å². The summed E-state index contributed by atoms with van der Waals surface area (Å²) in [4.78, 5) is 14.9. The van der Waals surface area contributed by atoms with Gasteiger partial charge in [-0.2, -0.15) is 0 Å². The van der Waals surface area contributed by atoms with Crippen molar-refractivity contribution in [1.82, 2.24) is 0 Å². The maximum Gasteiger partial charge on any atom is 0.192 e. The second kappa shape index (κ2) is 11.2. The average Bonchev–Trinajstić information content (AvgIpc) is 2.76. The van der Waals surface area contributed by atoms with Crippen LogP contribution in [0.4, 0.5) is 8.78 Å². The predicted molar refractivity (Wildman–Crippen MR) is 111 cm³/mol. The van der Waals surface area contributed by atoms with Gasteiger partial charge in [0.2, 0.25) is 0 Å². The van der Waals surface area contributed by atoms with Crippen LogP contribution in [-0.2, 0) is 21.1 Å². The smallest absolute Gasteiger partial charge is 0.192 e. The molecule has 0 bridgehead atoms. The highest BCUT2D eigenvalue weighted by Gasteiger charge is 2.17. The zero-order chi connectivity index (χ0) is 22.8. The summed E-state index contributed by atoms with van der Waals surface area (Å²) in [6.45, 7) is 1.49. The van der Waals surface area contributed by atoms with Gasteiger partial charge in [0.1, 0.15) is 43.9 Å². The predicted octanol–water partition coefficient (Wildman–Crippen LogP) is 3.00. The topological polar surface area (TPSA) is 123 Å². The minimum Gasteiger partial charge on any atom is -0.409 e. The van der Waals surface area contributed by atoms with Gasteiger partial charge in [0, 0.05) is 22.8 Å². The Balaban J connectivity index is 2.29. The fourth-order valence-corrected chi connectivity index (χ4v) is 2.57. The minimum atomic E-state index is -0.824. The summed E-state index contributed by atoms with van der Waals surface area (Å²) in [6.07, 6.45) is 0. The molecular formula is C20H21F2N5O4. The molecule has 0 unspecified atom stereocenters. The number of amidine groups is 1. The van der Waals surface area contributed by atoms with Crippen LogP contribution in [0.25, 0.3) is 0 Å². The van der Waals surface area contributed by atoms with Crippen LogP contribution in [0.1, 0.15) is 23.6 Å². The van der Waals surface area contributed by atoms with Gasteiger partial charge in [0.25, 0.3) is 0 Å². The SMILES string of the molecule is CON=C(C(C)=NOCc1ccccc1C(=NOC)C(N)=NO)c1ccc(F)cc1F. The van der Waals surface area contributed by atoms with E-state index in [1.54, 1.807) is 24.3 Å². The van der Waals surface area contributed by atoms with E-state index in [-0.39, 0.29) is 35.1 Å². The van der Waals surface area contributed by atoms with Gasteiger partial charge in [-0.15, -0.1) is 0 Å². The number of rotatable bonds is 9. The van der Waals surface area contributed by atoms with E-state index in [1.165, 1.54) is 27.2 Å². The maximum absolute atomic E-state index is 14.2. The summed E-state index contributed by atoms with van der Waals surface area (Å²) in [5, 5.41) is 23.4. The monoisotopic (exact) mass is 433 g/mol. The normalized spacial score (nSPS) is 13.2. The van der Waals surface area contributed by atoms with E-state index >= 15 is 0 Å². The van der Waals surface area contributed by atoms with Crippen molar-refractivity contribution in [2.24, 2.45) is 26.4 Å². The fourth-order valence-electron chi connectivity index (χ4n) is 2.57. The van der Waals surface area contributed by atoms with Gasteiger partial charge in [-0.25, -0.2) is 8.78 Å². The molecule has 0 heterocycles. The van der Waals surface area contributed by atoms with E-state index in [0.29, 0.717) is 11.1 Å². The third-order valence-corrected chi connectivity index (χ3v) is 3.94. The Morgan fingerprint density at radius 1 is 0.968 bits per heavy atom. The molecule has 164 valence electrons. The average molecular weight is 433 g/mol. The number of hydrogen-bond acceptors (Lipinski definition) is 8. The number of benzene rings is 2. The van der Waals surface area contributed by atoms with Crippen molar-refractivity contribution >= 4 is 23.0 Å². The maximum atomic E-state index is 14.2. The second-order valence-electron chi connectivity index (χ2n) is 5.96. The first-order valence-electron chi connectivity index (χ1n) is 8.83. The summed E-state index contributed by atoms with van der Waals surface area (Å²) in [5.74, 6) is -1.80. The Morgan fingerprint density at radius 2 is 1.65 bits per heavy atom. The van der Waals surface area contributed by atoms with E-state index in [1.807, 2.05) is 0 Å². The van der Waals surface area contributed by atoms with Crippen molar-refractivity contribution in [3.63, 3.8) is 0 Å². The number of nitrogens with zero attached hydrogens (tertiary/aromatic N) is 4. The lowest BCUT2D eigenvalue weighted by Gasteiger charge is -2.11. The van der Waals surface area contributed by atoms with Crippen molar-refractivity contribution in [3.05, 3.63) is 70.8 Å². The highest BCUT2D eigenvalue weighted by molar-refractivity contribution is 6.47. The first kappa shape index (κ1) is 23.3. The highest BCUT2D eigenvalue weighted by atomic mass is 19.1. The quantitative estimate of drug-likeness (QED) is 0.272. The summed E-state index contributed by atoms with van der Waals surface area (Å²) >= 11 is 0. The van der Waals surface area contributed by atoms with Crippen molar-refractivity contribution in [2.75, 3.05) is 14.2 Å². The van der Waals surface area contributed by atoms with E-state index in [2.05, 4.69) is 20.6 Å². The van der Waals surface area contributed by atoms with Gasteiger partial charge in [-0.1, -0.05) is 44.9 Å². The van der Waals surface area contributed by atoms with E-state index in [9.17, 15) is 8.78 Å². The van der Waals surface area contributed by atoms with Gasteiger partial charge >= 0.3 is 0 Å². The molecular weight excluding hydrogens is 412 g/mol. The molecule has 0 spiro atoms. The molecule has 0 aliphatic rings. The molecule has 0 atom stereocenters. The van der Waals surface area contributed by atoms with Crippen LogP contribution in [0.5, 0.6) is 0 Å². The van der Waals surface area contributed by atoms with Crippen LogP contribution in [0.3, 0.4) is 0 Å². The van der Waals surface area contributed by atoms with Crippen LogP contribution in [0.15, 0.2) is 63.1 Å².